The monoisotopic (exact) mass is 351 g/mol. The summed E-state index contributed by atoms with van der Waals surface area (Å²) >= 11 is 0. The van der Waals surface area contributed by atoms with Gasteiger partial charge < -0.3 is 10.6 Å². The van der Waals surface area contributed by atoms with Crippen molar-refractivity contribution in [2.45, 2.75) is 18.9 Å². The van der Waals surface area contributed by atoms with Crippen molar-refractivity contribution >= 4 is 34.0 Å². The summed E-state index contributed by atoms with van der Waals surface area (Å²) in [6.45, 7) is 1.05. The first kappa shape index (κ1) is 18.7. The number of piperidine rings is 1. The molecule has 1 heterocycles. The highest BCUT2D eigenvalue weighted by Crippen LogP contribution is 2.20. The molecular weight excluding hydrogens is 333 g/mol. The van der Waals surface area contributed by atoms with Crippen molar-refractivity contribution in [1.82, 2.24) is 4.90 Å². The van der Waals surface area contributed by atoms with Crippen LogP contribution in [0.4, 0.5) is 10.1 Å². The van der Waals surface area contributed by atoms with Crippen molar-refractivity contribution in [1.29, 1.82) is 0 Å². The second-order valence-corrected chi connectivity index (χ2v) is 6.97. The number of likely N-dealkylation sites (tertiary alicyclic amines) is 1. The lowest BCUT2D eigenvalue weighted by atomic mass is 10.1. The Morgan fingerprint density at radius 3 is 2.73 bits per heavy atom. The van der Waals surface area contributed by atoms with Gasteiger partial charge >= 0.3 is 0 Å². The zero-order chi connectivity index (χ0) is 15.6. The number of hydrogen-bond acceptors (Lipinski definition) is 4. The van der Waals surface area contributed by atoms with Crippen LogP contribution in [-0.4, -0.2) is 44.6 Å². The molecule has 1 unspecified atom stereocenters. The SMILES string of the molecule is CS(=O)(=O)Nc1cc(C(=O)N2CCCC(N)C2)ccc1F.Cl. The number of hydrogen-bond donors (Lipinski definition) is 2. The van der Waals surface area contributed by atoms with Crippen LogP contribution in [0.1, 0.15) is 23.2 Å². The summed E-state index contributed by atoms with van der Waals surface area (Å²) in [6, 6.07) is 3.56. The van der Waals surface area contributed by atoms with Crippen molar-refractivity contribution in [3.8, 4) is 0 Å². The lowest BCUT2D eigenvalue weighted by molar-refractivity contribution is 0.0709. The van der Waals surface area contributed by atoms with Gasteiger partial charge in [0.2, 0.25) is 10.0 Å². The smallest absolute Gasteiger partial charge is 0.253 e. The van der Waals surface area contributed by atoms with Gasteiger partial charge in [-0.15, -0.1) is 12.4 Å². The first-order chi connectivity index (χ1) is 9.76. The Morgan fingerprint density at radius 2 is 2.14 bits per heavy atom. The van der Waals surface area contributed by atoms with Gasteiger partial charge in [0.15, 0.2) is 0 Å². The number of halogens is 2. The number of carbonyl (C=O) groups excluding carboxylic acids is 1. The van der Waals surface area contributed by atoms with E-state index >= 15 is 0 Å². The molecule has 0 radical (unpaired) electrons. The summed E-state index contributed by atoms with van der Waals surface area (Å²) in [6.07, 6.45) is 2.61. The maximum atomic E-state index is 13.6. The van der Waals surface area contributed by atoms with Gasteiger partial charge in [-0.2, -0.15) is 0 Å². The normalized spacial score (nSPS) is 18.5. The van der Waals surface area contributed by atoms with Crippen molar-refractivity contribution in [2.24, 2.45) is 5.73 Å². The van der Waals surface area contributed by atoms with Crippen LogP contribution in [0.2, 0.25) is 0 Å². The number of carbonyl (C=O) groups is 1. The molecule has 9 heteroatoms. The molecule has 0 aromatic heterocycles. The molecule has 0 saturated carbocycles. The van der Waals surface area contributed by atoms with E-state index in [4.69, 9.17) is 5.73 Å². The van der Waals surface area contributed by atoms with E-state index in [9.17, 15) is 17.6 Å². The average molecular weight is 352 g/mol. The van der Waals surface area contributed by atoms with Gasteiger partial charge in [-0.25, -0.2) is 12.8 Å². The minimum absolute atomic E-state index is 0. The van der Waals surface area contributed by atoms with E-state index in [-0.39, 0.29) is 35.6 Å². The largest absolute Gasteiger partial charge is 0.337 e. The van der Waals surface area contributed by atoms with E-state index in [0.717, 1.165) is 25.2 Å². The lowest BCUT2D eigenvalue weighted by Gasteiger charge is -2.30. The predicted molar refractivity (Wildman–Crippen MR) is 85.2 cm³/mol. The van der Waals surface area contributed by atoms with Crippen LogP contribution in [0.25, 0.3) is 0 Å². The van der Waals surface area contributed by atoms with Crippen LogP contribution < -0.4 is 10.5 Å². The number of anilines is 1. The highest BCUT2D eigenvalue weighted by atomic mass is 35.5. The average Bonchev–Trinajstić information content (AvgIpc) is 2.39. The summed E-state index contributed by atoms with van der Waals surface area (Å²) in [5.41, 5.74) is 5.83. The molecular formula is C13H19ClFN3O3S. The van der Waals surface area contributed by atoms with Gasteiger partial charge in [0, 0.05) is 24.7 Å². The fraction of sp³-hybridized carbons (Fsp3) is 0.462. The van der Waals surface area contributed by atoms with Crippen molar-refractivity contribution in [3.05, 3.63) is 29.6 Å². The fourth-order valence-electron chi connectivity index (χ4n) is 2.31. The van der Waals surface area contributed by atoms with Gasteiger partial charge in [-0.05, 0) is 31.0 Å². The molecule has 0 spiro atoms. The van der Waals surface area contributed by atoms with Crippen LogP contribution in [0, 0.1) is 5.82 Å². The molecule has 3 N–H and O–H groups in total. The summed E-state index contributed by atoms with van der Waals surface area (Å²) in [5, 5.41) is 0. The van der Waals surface area contributed by atoms with Crippen LogP contribution in [0.15, 0.2) is 18.2 Å². The van der Waals surface area contributed by atoms with Crippen LogP contribution in [0.5, 0.6) is 0 Å². The van der Waals surface area contributed by atoms with Crippen molar-refractivity contribution in [2.75, 3.05) is 24.1 Å². The number of rotatable bonds is 3. The molecule has 2 rings (SSSR count). The zero-order valence-corrected chi connectivity index (χ0v) is 13.7. The summed E-state index contributed by atoms with van der Waals surface area (Å²) in [7, 11) is -3.61. The quantitative estimate of drug-likeness (QED) is 0.855. The van der Waals surface area contributed by atoms with E-state index in [1.54, 1.807) is 4.90 Å². The van der Waals surface area contributed by atoms with E-state index in [1.807, 2.05) is 0 Å². The molecule has 1 aliphatic rings. The molecule has 1 aromatic carbocycles. The molecule has 1 saturated heterocycles. The molecule has 0 bridgehead atoms. The Hall–Kier alpha value is -1.38. The molecule has 1 aliphatic heterocycles. The van der Waals surface area contributed by atoms with E-state index < -0.39 is 15.8 Å². The maximum absolute atomic E-state index is 13.6. The molecule has 6 nitrogen and oxygen atoms in total. The van der Waals surface area contributed by atoms with E-state index in [0.29, 0.717) is 13.1 Å². The van der Waals surface area contributed by atoms with E-state index in [2.05, 4.69) is 4.72 Å². The summed E-state index contributed by atoms with van der Waals surface area (Å²) in [4.78, 5) is 13.9. The van der Waals surface area contributed by atoms with Crippen molar-refractivity contribution in [3.63, 3.8) is 0 Å². The molecule has 0 aliphatic carbocycles. The van der Waals surface area contributed by atoms with Crippen molar-refractivity contribution < 1.29 is 17.6 Å². The highest BCUT2D eigenvalue weighted by Gasteiger charge is 2.23. The Morgan fingerprint density at radius 1 is 1.45 bits per heavy atom. The summed E-state index contributed by atoms with van der Waals surface area (Å²) in [5.74, 6) is -1.01. The number of sulfonamides is 1. The Labute approximate surface area is 135 Å². The van der Waals surface area contributed by atoms with Crippen LogP contribution in [0.3, 0.4) is 0 Å². The van der Waals surface area contributed by atoms with Gasteiger partial charge in [-0.3, -0.25) is 9.52 Å². The Bertz CT molecular complexity index is 654. The number of amides is 1. The van der Waals surface area contributed by atoms with Gasteiger partial charge in [0.05, 0.1) is 11.9 Å². The molecule has 1 aromatic rings. The third-order valence-corrected chi connectivity index (χ3v) is 3.84. The highest BCUT2D eigenvalue weighted by molar-refractivity contribution is 7.92. The number of benzene rings is 1. The zero-order valence-electron chi connectivity index (χ0n) is 12.1. The fourth-order valence-corrected chi connectivity index (χ4v) is 2.87. The van der Waals surface area contributed by atoms with Crippen LogP contribution in [-0.2, 0) is 10.0 Å². The minimum Gasteiger partial charge on any atom is -0.337 e. The first-order valence-corrected chi connectivity index (χ1v) is 8.47. The number of nitrogens with zero attached hydrogens (tertiary/aromatic N) is 1. The maximum Gasteiger partial charge on any atom is 0.253 e. The second-order valence-electron chi connectivity index (χ2n) is 5.22. The van der Waals surface area contributed by atoms with Gasteiger partial charge in [0.25, 0.3) is 5.91 Å². The predicted octanol–water partition coefficient (Wildman–Crippen LogP) is 1.18. The van der Waals surface area contributed by atoms with Gasteiger partial charge in [-0.1, -0.05) is 0 Å². The third-order valence-electron chi connectivity index (χ3n) is 3.25. The molecule has 1 atom stereocenters. The van der Waals surface area contributed by atoms with Crippen LogP contribution >= 0.6 is 12.4 Å². The topological polar surface area (TPSA) is 92.5 Å². The number of nitrogens with one attached hydrogen (secondary N) is 1. The minimum atomic E-state index is -3.61. The lowest BCUT2D eigenvalue weighted by Crippen LogP contribution is -2.45. The second kappa shape index (κ2) is 7.26. The summed E-state index contributed by atoms with van der Waals surface area (Å²) < 4.78 is 38.0. The third kappa shape index (κ3) is 4.82. The number of nitrogens with two attached hydrogens (primary N) is 1. The molecule has 1 amide bonds. The Kier molecular flexibility index (Phi) is 6.16. The standard InChI is InChI=1S/C13H18FN3O3S.ClH/c1-21(19,20)16-12-7-9(4-5-11(12)14)13(18)17-6-2-3-10(15)8-17;/h4-5,7,10,16H,2-3,6,8,15H2,1H3;1H. The first-order valence-electron chi connectivity index (χ1n) is 6.58. The molecule has 124 valence electrons. The van der Waals surface area contributed by atoms with Gasteiger partial charge in [0.1, 0.15) is 5.82 Å². The molecule has 1 fully saturated rings. The molecule has 22 heavy (non-hydrogen) atoms. The van der Waals surface area contributed by atoms with E-state index in [1.165, 1.54) is 12.1 Å². The Balaban J connectivity index is 0.00000242.